The second kappa shape index (κ2) is 5.29. The SMILES string of the molecule is CC(C)(C(=O)NNc1cc(I)ccn1)C(F)(F)F. The molecule has 0 radical (unpaired) electrons. The second-order valence-electron chi connectivity index (χ2n) is 4.06. The van der Waals surface area contributed by atoms with Gasteiger partial charge in [-0.3, -0.25) is 15.6 Å². The topological polar surface area (TPSA) is 54.0 Å². The average Bonchev–Trinajstić information content (AvgIpc) is 2.24. The smallest absolute Gasteiger partial charge is 0.282 e. The van der Waals surface area contributed by atoms with Crippen molar-refractivity contribution in [3.8, 4) is 0 Å². The number of nitrogens with zero attached hydrogens (tertiary/aromatic N) is 1. The van der Waals surface area contributed by atoms with E-state index in [9.17, 15) is 18.0 Å². The molecule has 8 heteroatoms. The normalized spacial score (nSPS) is 12.1. The van der Waals surface area contributed by atoms with Crippen molar-refractivity contribution in [3.05, 3.63) is 21.9 Å². The van der Waals surface area contributed by atoms with E-state index < -0.39 is 17.5 Å². The van der Waals surface area contributed by atoms with Gasteiger partial charge in [0.05, 0.1) is 0 Å². The molecule has 1 aromatic heterocycles. The molecule has 1 amide bonds. The van der Waals surface area contributed by atoms with Gasteiger partial charge in [-0.05, 0) is 48.6 Å². The summed E-state index contributed by atoms with van der Waals surface area (Å²) in [5, 5.41) is 0. The standard InChI is InChI=1S/C10H11F3IN3O/c1-9(2,10(11,12)13)8(18)17-16-7-5-6(14)3-4-15-7/h3-5H,1-2H3,(H,15,16)(H,17,18). The lowest BCUT2D eigenvalue weighted by Gasteiger charge is -2.26. The highest BCUT2D eigenvalue weighted by Gasteiger charge is 2.53. The number of hydrazine groups is 1. The number of aromatic nitrogens is 1. The second-order valence-corrected chi connectivity index (χ2v) is 5.31. The van der Waals surface area contributed by atoms with Crippen LogP contribution in [0.3, 0.4) is 0 Å². The molecule has 0 unspecified atom stereocenters. The van der Waals surface area contributed by atoms with Crippen molar-refractivity contribution in [3.63, 3.8) is 0 Å². The van der Waals surface area contributed by atoms with E-state index in [1.165, 1.54) is 6.20 Å². The number of rotatable bonds is 3. The van der Waals surface area contributed by atoms with E-state index in [1.807, 2.05) is 28.0 Å². The molecular weight excluding hydrogens is 362 g/mol. The maximum absolute atomic E-state index is 12.6. The molecule has 0 aliphatic carbocycles. The molecule has 1 aromatic rings. The first-order valence-electron chi connectivity index (χ1n) is 4.89. The Kier molecular flexibility index (Phi) is 4.41. The molecule has 1 heterocycles. The summed E-state index contributed by atoms with van der Waals surface area (Å²) in [4.78, 5) is 15.3. The quantitative estimate of drug-likeness (QED) is 0.633. The van der Waals surface area contributed by atoms with Crippen molar-refractivity contribution in [2.75, 3.05) is 5.43 Å². The predicted molar refractivity (Wildman–Crippen MR) is 68.6 cm³/mol. The number of amides is 1. The summed E-state index contributed by atoms with van der Waals surface area (Å²) in [6, 6.07) is 3.30. The number of halogens is 4. The molecule has 0 spiro atoms. The average molecular weight is 373 g/mol. The summed E-state index contributed by atoms with van der Waals surface area (Å²) in [6.45, 7) is 1.62. The molecular formula is C10H11F3IN3O. The van der Waals surface area contributed by atoms with Crippen LogP contribution in [0.25, 0.3) is 0 Å². The lowest BCUT2D eigenvalue weighted by molar-refractivity contribution is -0.211. The fraction of sp³-hybridized carbons (Fsp3) is 0.400. The Bertz CT molecular complexity index is 448. The molecule has 0 fully saturated rings. The summed E-state index contributed by atoms with van der Waals surface area (Å²) in [6.07, 6.45) is -3.14. The molecule has 4 nitrogen and oxygen atoms in total. The molecule has 0 aromatic carbocycles. The van der Waals surface area contributed by atoms with Gasteiger partial charge in [-0.15, -0.1) is 0 Å². The van der Waals surface area contributed by atoms with E-state index in [2.05, 4.69) is 10.4 Å². The van der Waals surface area contributed by atoms with Crippen molar-refractivity contribution < 1.29 is 18.0 Å². The molecule has 0 saturated heterocycles. The Morgan fingerprint density at radius 1 is 1.39 bits per heavy atom. The molecule has 0 aliphatic rings. The minimum Gasteiger partial charge on any atom is -0.282 e. The third-order valence-electron chi connectivity index (χ3n) is 2.30. The summed E-state index contributed by atoms with van der Waals surface area (Å²) in [7, 11) is 0. The highest BCUT2D eigenvalue weighted by atomic mass is 127. The van der Waals surface area contributed by atoms with Gasteiger partial charge < -0.3 is 0 Å². The first-order valence-corrected chi connectivity index (χ1v) is 5.97. The molecule has 2 N–H and O–H groups in total. The van der Waals surface area contributed by atoms with E-state index in [0.29, 0.717) is 0 Å². The Balaban J connectivity index is 2.67. The van der Waals surface area contributed by atoms with Crippen LogP contribution in [0.1, 0.15) is 13.8 Å². The third-order valence-corrected chi connectivity index (χ3v) is 2.97. The van der Waals surface area contributed by atoms with E-state index in [0.717, 1.165) is 17.4 Å². The Morgan fingerprint density at radius 2 is 2.00 bits per heavy atom. The lowest BCUT2D eigenvalue weighted by atomic mass is 9.92. The molecule has 1 rings (SSSR count). The number of hydrogen-bond acceptors (Lipinski definition) is 3. The highest BCUT2D eigenvalue weighted by molar-refractivity contribution is 14.1. The predicted octanol–water partition coefficient (Wildman–Crippen LogP) is 2.72. The van der Waals surface area contributed by atoms with Crippen molar-refractivity contribution in [1.29, 1.82) is 0 Å². The lowest BCUT2D eigenvalue weighted by Crippen LogP contribution is -2.48. The van der Waals surface area contributed by atoms with Crippen molar-refractivity contribution in [1.82, 2.24) is 10.4 Å². The Morgan fingerprint density at radius 3 is 2.50 bits per heavy atom. The zero-order valence-electron chi connectivity index (χ0n) is 9.60. The fourth-order valence-corrected chi connectivity index (χ4v) is 1.33. The van der Waals surface area contributed by atoms with Crippen LogP contribution < -0.4 is 10.9 Å². The van der Waals surface area contributed by atoms with Crippen LogP contribution in [0.4, 0.5) is 19.0 Å². The van der Waals surface area contributed by atoms with Crippen LogP contribution in [-0.4, -0.2) is 17.1 Å². The zero-order chi connectivity index (χ0) is 14.0. The van der Waals surface area contributed by atoms with Gasteiger partial charge in [0, 0.05) is 9.77 Å². The minimum absolute atomic E-state index is 0.272. The van der Waals surface area contributed by atoms with Gasteiger partial charge in [0.1, 0.15) is 11.2 Å². The van der Waals surface area contributed by atoms with Gasteiger partial charge in [-0.2, -0.15) is 13.2 Å². The summed E-state index contributed by atoms with van der Waals surface area (Å²) in [5.41, 5.74) is 1.88. The molecule has 0 saturated carbocycles. The van der Waals surface area contributed by atoms with Crippen molar-refractivity contribution in [2.24, 2.45) is 5.41 Å². The van der Waals surface area contributed by atoms with E-state index in [4.69, 9.17) is 0 Å². The van der Waals surface area contributed by atoms with Gasteiger partial charge in [0.2, 0.25) is 0 Å². The molecule has 18 heavy (non-hydrogen) atoms. The number of carbonyl (C=O) groups excluding carboxylic acids is 1. The summed E-state index contributed by atoms with van der Waals surface area (Å²) in [5.74, 6) is -0.899. The third kappa shape index (κ3) is 3.47. The van der Waals surface area contributed by atoms with Gasteiger partial charge in [-0.25, -0.2) is 4.98 Å². The van der Waals surface area contributed by atoms with Crippen LogP contribution in [0.15, 0.2) is 18.3 Å². The van der Waals surface area contributed by atoms with Crippen molar-refractivity contribution in [2.45, 2.75) is 20.0 Å². The van der Waals surface area contributed by atoms with Crippen LogP contribution in [0, 0.1) is 8.99 Å². The molecule has 0 atom stereocenters. The van der Waals surface area contributed by atoms with Crippen LogP contribution in [0.2, 0.25) is 0 Å². The van der Waals surface area contributed by atoms with Crippen LogP contribution in [-0.2, 0) is 4.79 Å². The first kappa shape index (κ1) is 15.0. The number of hydrogen-bond donors (Lipinski definition) is 2. The maximum Gasteiger partial charge on any atom is 0.402 e. The Hall–Kier alpha value is -1.06. The van der Waals surface area contributed by atoms with Gasteiger partial charge in [0.25, 0.3) is 5.91 Å². The largest absolute Gasteiger partial charge is 0.402 e. The van der Waals surface area contributed by atoms with E-state index in [-0.39, 0.29) is 5.82 Å². The number of pyridine rings is 1. The van der Waals surface area contributed by atoms with Crippen LogP contribution >= 0.6 is 22.6 Å². The molecule has 0 bridgehead atoms. The zero-order valence-corrected chi connectivity index (χ0v) is 11.8. The monoisotopic (exact) mass is 373 g/mol. The summed E-state index contributed by atoms with van der Waals surface area (Å²) >= 11 is 2.02. The first-order chi connectivity index (χ1) is 8.14. The van der Waals surface area contributed by atoms with Crippen LogP contribution in [0.5, 0.6) is 0 Å². The molecule has 0 aliphatic heterocycles. The number of carbonyl (C=O) groups is 1. The van der Waals surface area contributed by atoms with Gasteiger partial charge in [0.15, 0.2) is 0 Å². The maximum atomic E-state index is 12.6. The Labute approximate surface area is 115 Å². The fourth-order valence-electron chi connectivity index (χ4n) is 0.879. The van der Waals surface area contributed by atoms with Gasteiger partial charge >= 0.3 is 6.18 Å². The van der Waals surface area contributed by atoms with Gasteiger partial charge in [-0.1, -0.05) is 0 Å². The number of anilines is 1. The van der Waals surface area contributed by atoms with E-state index in [1.54, 1.807) is 12.1 Å². The summed E-state index contributed by atoms with van der Waals surface area (Å²) < 4.78 is 38.5. The molecule has 100 valence electrons. The highest BCUT2D eigenvalue weighted by Crippen LogP contribution is 2.37. The van der Waals surface area contributed by atoms with E-state index >= 15 is 0 Å². The number of nitrogens with one attached hydrogen (secondary N) is 2. The number of alkyl halides is 3. The van der Waals surface area contributed by atoms with Crippen molar-refractivity contribution >= 4 is 34.3 Å². The minimum atomic E-state index is -4.61.